The third-order valence-corrected chi connectivity index (χ3v) is 5.75. The van der Waals surface area contributed by atoms with Crippen LogP contribution >= 0.6 is 0 Å². The standard InChI is InChI=1S/C24H28N2O6/c1-16(23(29)30)26(14-11-22(27)28)13-6-12-25-24(31)32-15-21-19-9-4-2-7-17(19)18-8-3-5-10-20(18)21/h2-5,7-10,16,21H,6,11-15H2,1H3,(H,25,31)(H,27,28)(H,29,30). The van der Waals surface area contributed by atoms with Gasteiger partial charge >= 0.3 is 18.0 Å². The molecular formula is C24H28N2O6. The average molecular weight is 440 g/mol. The highest BCUT2D eigenvalue weighted by atomic mass is 16.5. The Bertz CT molecular complexity index is 931. The van der Waals surface area contributed by atoms with Crippen LogP contribution in [0.1, 0.15) is 36.8 Å². The SMILES string of the molecule is CC(C(=O)O)N(CCCNC(=O)OCC1c2ccccc2-c2ccccc21)CCC(=O)O. The molecule has 0 heterocycles. The summed E-state index contributed by atoms with van der Waals surface area (Å²) in [6.45, 7) is 2.52. The number of benzene rings is 2. The van der Waals surface area contributed by atoms with Crippen molar-refractivity contribution < 1.29 is 29.3 Å². The predicted molar refractivity (Wildman–Crippen MR) is 119 cm³/mol. The van der Waals surface area contributed by atoms with Crippen LogP contribution in [0.5, 0.6) is 0 Å². The Morgan fingerprint density at radius 3 is 2.16 bits per heavy atom. The summed E-state index contributed by atoms with van der Waals surface area (Å²) in [5.74, 6) is -2.01. The van der Waals surface area contributed by atoms with Gasteiger partial charge in [0.05, 0.1) is 6.42 Å². The molecule has 8 nitrogen and oxygen atoms in total. The second kappa shape index (κ2) is 10.8. The maximum absolute atomic E-state index is 12.2. The topological polar surface area (TPSA) is 116 Å². The van der Waals surface area contributed by atoms with Crippen LogP contribution in [0.2, 0.25) is 0 Å². The lowest BCUT2D eigenvalue weighted by Crippen LogP contribution is -2.41. The number of aliphatic carboxylic acids is 2. The van der Waals surface area contributed by atoms with Crippen molar-refractivity contribution >= 4 is 18.0 Å². The van der Waals surface area contributed by atoms with E-state index in [0.29, 0.717) is 19.5 Å². The zero-order valence-corrected chi connectivity index (χ0v) is 18.0. The molecule has 8 heteroatoms. The molecule has 1 aliphatic carbocycles. The summed E-state index contributed by atoms with van der Waals surface area (Å²) in [5, 5.41) is 20.7. The third kappa shape index (κ3) is 5.64. The van der Waals surface area contributed by atoms with E-state index in [1.54, 1.807) is 4.90 Å². The maximum Gasteiger partial charge on any atom is 0.407 e. The van der Waals surface area contributed by atoms with Gasteiger partial charge in [0.15, 0.2) is 0 Å². The number of hydrogen-bond acceptors (Lipinski definition) is 5. The first-order valence-corrected chi connectivity index (χ1v) is 10.7. The van der Waals surface area contributed by atoms with E-state index in [2.05, 4.69) is 29.6 Å². The van der Waals surface area contributed by atoms with Crippen molar-refractivity contribution in [3.63, 3.8) is 0 Å². The van der Waals surface area contributed by atoms with E-state index < -0.39 is 24.1 Å². The van der Waals surface area contributed by atoms with Crippen LogP contribution in [0.15, 0.2) is 48.5 Å². The lowest BCUT2D eigenvalue weighted by atomic mass is 9.98. The van der Waals surface area contributed by atoms with E-state index in [1.165, 1.54) is 6.92 Å². The van der Waals surface area contributed by atoms with Gasteiger partial charge in [-0.25, -0.2) is 4.79 Å². The molecule has 2 aromatic carbocycles. The van der Waals surface area contributed by atoms with Gasteiger partial charge < -0.3 is 20.3 Å². The zero-order valence-electron chi connectivity index (χ0n) is 18.0. The number of alkyl carbamates (subject to hydrolysis) is 1. The number of rotatable bonds is 11. The van der Waals surface area contributed by atoms with Crippen molar-refractivity contribution in [3.05, 3.63) is 59.7 Å². The summed E-state index contributed by atoms with van der Waals surface area (Å²) >= 11 is 0. The molecule has 32 heavy (non-hydrogen) atoms. The predicted octanol–water partition coefficient (Wildman–Crippen LogP) is 3.17. The number of ether oxygens (including phenoxy) is 1. The second-order valence-electron chi connectivity index (χ2n) is 7.80. The first-order chi connectivity index (χ1) is 15.4. The van der Waals surface area contributed by atoms with Gasteiger partial charge in [0.2, 0.25) is 0 Å². The van der Waals surface area contributed by atoms with Crippen molar-refractivity contribution in [2.24, 2.45) is 0 Å². The van der Waals surface area contributed by atoms with Gasteiger partial charge in [-0.15, -0.1) is 0 Å². The van der Waals surface area contributed by atoms with Gasteiger partial charge in [-0.2, -0.15) is 0 Å². The number of fused-ring (bicyclic) bond motifs is 3. The highest BCUT2D eigenvalue weighted by Crippen LogP contribution is 2.44. The number of carbonyl (C=O) groups excluding carboxylic acids is 1. The molecule has 2 aromatic rings. The van der Waals surface area contributed by atoms with Gasteiger partial charge in [0.25, 0.3) is 0 Å². The van der Waals surface area contributed by atoms with E-state index in [4.69, 9.17) is 9.84 Å². The van der Waals surface area contributed by atoms with Gasteiger partial charge in [0, 0.05) is 25.6 Å². The van der Waals surface area contributed by atoms with Gasteiger partial charge in [-0.1, -0.05) is 48.5 Å². The molecule has 170 valence electrons. The fourth-order valence-electron chi connectivity index (χ4n) is 4.02. The number of hydrogen-bond donors (Lipinski definition) is 3. The van der Waals surface area contributed by atoms with Crippen LogP contribution in [0.3, 0.4) is 0 Å². The lowest BCUT2D eigenvalue weighted by Gasteiger charge is -2.25. The fourth-order valence-corrected chi connectivity index (χ4v) is 4.02. The quantitative estimate of drug-likeness (QED) is 0.460. The number of carboxylic acid groups (broad SMARTS) is 2. The number of carboxylic acids is 2. The molecule has 0 saturated heterocycles. The number of carbonyl (C=O) groups is 3. The highest BCUT2D eigenvalue weighted by Gasteiger charge is 2.29. The fraction of sp³-hybridized carbons (Fsp3) is 0.375. The van der Waals surface area contributed by atoms with E-state index in [1.807, 2.05) is 24.3 Å². The summed E-state index contributed by atoms with van der Waals surface area (Å²) < 4.78 is 5.48. The van der Waals surface area contributed by atoms with Crippen LogP contribution in [0, 0.1) is 0 Å². The molecule has 1 amide bonds. The molecule has 0 aliphatic heterocycles. The summed E-state index contributed by atoms with van der Waals surface area (Å²) in [7, 11) is 0. The van der Waals surface area contributed by atoms with Crippen LogP contribution in [-0.2, 0) is 14.3 Å². The number of nitrogens with one attached hydrogen (secondary N) is 1. The first-order valence-electron chi connectivity index (χ1n) is 10.7. The minimum Gasteiger partial charge on any atom is -0.481 e. The Hall–Kier alpha value is -3.39. The van der Waals surface area contributed by atoms with Crippen LogP contribution < -0.4 is 5.32 Å². The molecule has 3 N–H and O–H groups in total. The normalized spacial score (nSPS) is 13.3. The van der Waals surface area contributed by atoms with E-state index in [-0.39, 0.29) is 25.5 Å². The third-order valence-electron chi connectivity index (χ3n) is 5.75. The van der Waals surface area contributed by atoms with Crippen molar-refractivity contribution in [1.82, 2.24) is 10.2 Å². The Morgan fingerprint density at radius 2 is 1.59 bits per heavy atom. The van der Waals surface area contributed by atoms with Crippen molar-refractivity contribution in [3.8, 4) is 11.1 Å². The smallest absolute Gasteiger partial charge is 0.407 e. The van der Waals surface area contributed by atoms with Gasteiger partial charge in [0.1, 0.15) is 12.6 Å². The zero-order chi connectivity index (χ0) is 23.1. The van der Waals surface area contributed by atoms with E-state index in [0.717, 1.165) is 22.3 Å². The van der Waals surface area contributed by atoms with Crippen LogP contribution in [-0.4, -0.2) is 65.4 Å². The Balaban J connectivity index is 1.47. The highest BCUT2D eigenvalue weighted by molar-refractivity contribution is 5.79. The molecule has 3 rings (SSSR count). The largest absolute Gasteiger partial charge is 0.481 e. The van der Waals surface area contributed by atoms with Crippen molar-refractivity contribution in [2.45, 2.75) is 31.7 Å². The molecule has 1 unspecified atom stereocenters. The molecule has 1 atom stereocenters. The monoisotopic (exact) mass is 440 g/mol. The summed E-state index contributed by atoms with van der Waals surface area (Å²) in [6.07, 6.45) is -0.200. The molecule has 0 aromatic heterocycles. The second-order valence-corrected chi connectivity index (χ2v) is 7.80. The number of amides is 1. The van der Waals surface area contributed by atoms with Crippen LogP contribution in [0.25, 0.3) is 11.1 Å². The van der Waals surface area contributed by atoms with Crippen molar-refractivity contribution in [1.29, 1.82) is 0 Å². The summed E-state index contributed by atoms with van der Waals surface area (Å²) in [6, 6.07) is 15.4. The minimum atomic E-state index is -1.01. The molecule has 0 radical (unpaired) electrons. The maximum atomic E-state index is 12.2. The van der Waals surface area contributed by atoms with Crippen molar-refractivity contribution in [2.75, 3.05) is 26.2 Å². The molecule has 1 aliphatic rings. The molecule has 0 saturated carbocycles. The minimum absolute atomic E-state index is 0.0175. The van der Waals surface area contributed by atoms with Crippen LogP contribution in [0.4, 0.5) is 4.79 Å². The molecular weight excluding hydrogens is 412 g/mol. The first kappa shape index (κ1) is 23.3. The molecule has 0 bridgehead atoms. The average Bonchev–Trinajstić information content (AvgIpc) is 3.10. The Kier molecular flexibility index (Phi) is 7.83. The molecule has 0 fully saturated rings. The van der Waals surface area contributed by atoms with E-state index >= 15 is 0 Å². The summed E-state index contributed by atoms with van der Waals surface area (Å²) in [5.41, 5.74) is 4.59. The molecule has 0 spiro atoms. The number of nitrogens with zero attached hydrogens (tertiary/aromatic N) is 1. The Morgan fingerprint density at radius 1 is 1.00 bits per heavy atom. The van der Waals surface area contributed by atoms with Gasteiger partial charge in [-0.3, -0.25) is 14.5 Å². The summed E-state index contributed by atoms with van der Waals surface area (Å²) in [4.78, 5) is 35.8. The van der Waals surface area contributed by atoms with E-state index in [9.17, 15) is 19.5 Å². The lowest BCUT2D eigenvalue weighted by molar-refractivity contribution is -0.144. The Labute approximate surface area is 186 Å². The van der Waals surface area contributed by atoms with Gasteiger partial charge in [-0.05, 0) is 35.6 Å².